The number of benzene rings is 2. The van der Waals surface area contributed by atoms with E-state index < -0.39 is 18.2 Å². The molecule has 2 aliphatic rings. The van der Waals surface area contributed by atoms with E-state index in [1.54, 1.807) is 6.07 Å². The number of morpholine rings is 1. The van der Waals surface area contributed by atoms with Crippen molar-refractivity contribution in [2.45, 2.75) is 37.5 Å². The number of nitrogens with zero attached hydrogens (tertiary/aromatic N) is 1. The van der Waals surface area contributed by atoms with Gasteiger partial charge in [0.15, 0.2) is 0 Å². The zero-order valence-corrected chi connectivity index (χ0v) is 16.1. The van der Waals surface area contributed by atoms with Gasteiger partial charge in [0, 0.05) is 11.6 Å². The summed E-state index contributed by atoms with van der Waals surface area (Å²) in [6.45, 7) is 0.620. The van der Waals surface area contributed by atoms with E-state index in [1.165, 1.54) is 0 Å². The number of carbonyl (C=O) groups excluding carboxylic acids is 1. The van der Waals surface area contributed by atoms with Crippen molar-refractivity contribution in [1.82, 2.24) is 4.90 Å². The Morgan fingerprint density at radius 1 is 1.11 bits per heavy atom. The fraction of sp³-hybridized carbons (Fsp3) is 0.364. The smallest absolute Gasteiger partial charge is 0.306 e. The van der Waals surface area contributed by atoms with Crippen LogP contribution in [-0.2, 0) is 14.3 Å². The molecule has 3 atom stereocenters. The maximum absolute atomic E-state index is 13.2. The van der Waals surface area contributed by atoms with Crippen molar-refractivity contribution < 1.29 is 19.4 Å². The molecule has 4 rings (SSSR count). The zero-order chi connectivity index (χ0) is 19.7. The predicted octanol–water partition coefficient (Wildman–Crippen LogP) is 4.23. The quantitative estimate of drug-likeness (QED) is 0.789. The Labute approximate surface area is 168 Å². The van der Waals surface area contributed by atoms with Gasteiger partial charge in [-0.25, -0.2) is 0 Å². The Balaban J connectivity index is 1.78. The van der Waals surface area contributed by atoms with Gasteiger partial charge < -0.3 is 14.7 Å². The summed E-state index contributed by atoms with van der Waals surface area (Å²) >= 11 is 6.21. The second-order valence-corrected chi connectivity index (χ2v) is 7.92. The van der Waals surface area contributed by atoms with E-state index in [1.807, 2.05) is 53.4 Å². The Morgan fingerprint density at radius 3 is 2.46 bits per heavy atom. The molecular weight excluding hydrogens is 378 g/mol. The van der Waals surface area contributed by atoms with Crippen LogP contribution in [0.1, 0.15) is 42.5 Å². The first kappa shape index (κ1) is 19.0. The standard InChI is InChI=1S/C22H22ClNO4/c23-17-8-4-7-16(11-17)21-20(15-5-2-1-3-6-15)24(13-14-9-10-14)22(27)18(28-21)12-19(25)26/h1-8,11,14,18,20-21H,9-10,12-13H2,(H,25,26)/t18-,20+,21+/m0/s1. The average molecular weight is 400 g/mol. The molecule has 146 valence electrons. The number of hydrogen-bond donors (Lipinski definition) is 1. The van der Waals surface area contributed by atoms with E-state index in [0.29, 0.717) is 17.5 Å². The second kappa shape index (κ2) is 7.94. The van der Waals surface area contributed by atoms with Gasteiger partial charge in [0.05, 0.1) is 12.5 Å². The summed E-state index contributed by atoms with van der Waals surface area (Å²) in [7, 11) is 0. The molecule has 1 amide bonds. The Kier molecular flexibility index (Phi) is 5.38. The molecule has 1 saturated heterocycles. The van der Waals surface area contributed by atoms with E-state index in [4.69, 9.17) is 16.3 Å². The molecule has 0 unspecified atom stereocenters. The van der Waals surface area contributed by atoms with Gasteiger partial charge in [-0.05, 0) is 42.0 Å². The topological polar surface area (TPSA) is 66.8 Å². The van der Waals surface area contributed by atoms with Crippen LogP contribution in [0.25, 0.3) is 0 Å². The van der Waals surface area contributed by atoms with E-state index >= 15 is 0 Å². The van der Waals surface area contributed by atoms with Crippen LogP contribution in [0.4, 0.5) is 0 Å². The molecule has 2 aromatic carbocycles. The number of carboxylic acids is 1. The van der Waals surface area contributed by atoms with Crippen LogP contribution in [0.3, 0.4) is 0 Å². The van der Waals surface area contributed by atoms with Crippen molar-refractivity contribution in [3.63, 3.8) is 0 Å². The van der Waals surface area contributed by atoms with E-state index in [-0.39, 0.29) is 18.4 Å². The Bertz CT molecular complexity index is 868. The summed E-state index contributed by atoms with van der Waals surface area (Å²) in [4.78, 5) is 26.3. The molecule has 1 heterocycles. The number of ether oxygens (including phenoxy) is 1. The van der Waals surface area contributed by atoms with Gasteiger partial charge in [-0.1, -0.05) is 54.1 Å². The summed E-state index contributed by atoms with van der Waals surface area (Å²) in [6, 6.07) is 16.8. The molecule has 2 fully saturated rings. The first-order valence-electron chi connectivity index (χ1n) is 9.51. The summed E-state index contributed by atoms with van der Waals surface area (Å²) in [5, 5.41) is 9.85. The third-order valence-electron chi connectivity index (χ3n) is 5.32. The molecule has 0 bridgehead atoms. The first-order chi connectivity index (χ1) is 13.5. The van der Waals surface area contributed by atoms with Crippen molar-refractivity contribution in [3.05, 3.63) is 70.7 Å². The van der Waals surface area contributed by atoms with Gasteiger partial charge >= 0.3 is 5.97 Å². The third kappa shape index (κ3) is 4.05. The van der Waals surface area contributed by atoms with Crippen molar-refractivity contribution >= 4 is 23.5 Å². The van der Waals surface area contributed by atoms with Gasteiger partial charge in [0.1, 0.15) is 12.2 Å². The van der Waals surface area contributed by atoms with Crippen molar-refractivity contribution in [1.29, 1.82) is 0 Å². The number of carboxylic acid groups (broad SMARTS) is 1. The van der Waals surface area contributed by atoms with E-state index in [2.05, 4.69) is 0 Å². The highest BCUT2D eigenvalue weighted by Gasteiger charge is 2.46. The van der Waals surface area contributed by atoms with E-state index in [0.717, 1.165) is 24.0 Å². The lowest BCUT2D eigenvalue weighted by atomic mass is 9.91. The van der Waals surface area contributed by atoms with Crippen molar-refractivity contribution in [3.8, 4) is 0 Å². The lowest BCUT2D eigenvalue weighted by molar-refractivity contribution is -0.179. The lowest BCUT2D eigenvalue weighted by Crippen LogP contribution is -2.52. The van der Waals surface area contributed by atoms with Crippen LogP contribution in [0.5, 0.6) is 0 Å². The number of hydrogen-bond acceptors (Lipinski definition) is 3. The first-order valence-corrected chi connectivity index (χ1v) is 9.89. The SMILES string of the molecule is O=C(O)C[C@@H]1O[C@H](c2cccc(Cl)c2)[C@@H](c2ccccc2)N(CC2CC2)C1=O. The number of aliphatic carboxylic acids is 1. The molecule has 2 aromatic rings. The fourth-order valence-electron chi connectivity index (χ4n) is 3.82. The summed E-state index contributed by atoms with van der Waals surface area (Å²) in [5.41, 5.74) is 1.81. The van der Waals surface area contributed by atoms with Gasteiger partial charge in [-0.2, -0.15) is 0 Å². The van der Waals surface area contributed by atoms with Crippen LogP contribution < -0.4 is 0 Å². The highest BCUT2D eigenvalue weighted by atomic mass is 35.5. The fourth-order valence-corrected chi connectivity index (χ4v) is 4.02. The second-order valence-electron chi connectivity index (χ2n) is 7.49. The zero-order valence-electron chi connectivity index (χ0n) is 15.3. The van der Waals surface area contributed by atoms with Crippen LogP contribution in [0.15, 0.2) is 54.6 Å². The van der Waals surface area contributed by atoms with Crippen molar-refractivity contribution in [2.24, 2.45) is 5.92 Å². The van der Waals surface area contributed by atoms with Crippen LogP contribution in [0.2, 0.25) is 5.02 Å². The average Bonchev–Trinajstić information content (AvgIpc) is 3.49. The number of rotatable bonds is 6. The minimum absolute atomic E-state index is 0.249. The number of carbonyl (C=O) groups is 2. The molecule has 28 heavy (non-hydrogen) atoms. The van der Waals surface area contributed by atoms with E-state index in [9.17, 15) is 14.7 Å². The minimum atomic E-state index is -1.05. The van der Waals surface area contributed by atoms with Crippen LogP contribution in [0, 0.1) is 5.92 Å². The number of amides is 1. The summed E-state index contributed by atoms with van der Waals surface area (Å²) in [5.74, 6) is -0.826. The largest absolute Gasteiger partial charge is 0.481 e. The van der Waals surface area contributed by atoms with Gasteiger partial charge in [0.25, 0.3) is 5.91 Å². The molecule has 0 aromatic heterocycles. The van der Waals surface area contributed by atoms with Crippen LogP contribution >= 0.6 is 11.6 Å². The lowest BCUT2D eigenvalue weighted by Gasteiger charge is -2.44. The molecule has 1 aliphatic heterocycles. The van der Waals surface area contributed by atoms with Gasteiger partial charge in [-0.3, -0.25) is 9.59 Å². The Morgan fingerprint density at radius 2 is 1.82 bits per heavy atom. The molecule has 0 radical (unpaired) electrons. The highest BCUT2D eigenvalue weighted by molar-refractivity contribution is 6.30. The molecule has 1 N–H and O–H groups in total. The normalized spacial score (nSPS) is 25.0. The summed E-state index contributed by atoms with van der Waals surface area (Å²) < 4.78 is 6.12. The third-order valence-corrected chi connectivity index (χ3v) is 5.56. The predicted molar refractivity (Wildman–Crippen MR) is 105 cm³/mol. The maximum atomic E-state index is 13.2. The molecule has 0 spiro atoms. The summed E-state index contributed by atoms with van der Waals surface area (Å²) in [6.07, 6.45) is 0.357. The number of halogens is 1. The monoisotopic (exact) mass is 399 g/mol. The molecular formula is C22H22ClNO4. The maximum Gasteiger partial charge on any atom is 0.306 e. The van der Waals surface area contributed by atoms with Crippen LogP contribution in [-0.4, -0.2) is 34.5 Å². The Hall–Kier alpha value is -2.37. The molecule has 1 aliphatic carbocycles. The molecule has 5 nitrogen and oxygen atoms in total. The molecule has 1 saturated carbocycles. The highest BCUT2D eigenvalue weighted by Crippen LogP contribution is 2.45. The molecule has 6 heteroatoms. The van der Waals surface area contributed by atoms with Gasteiger partial charge in [0.2, 0.25) is 0 Å². The minimum Gasteiger partial charge on any atom is -0.481 e. The van der Waals surface area contributed by atoms with Crippen molar-refractivity contribution in [2.75, 3.05) is 6.54 Å². The van der Waals surface area contributed by atoms with Gasteiger partial charge in [-0.15, -0.1) is 0 Å².